The standard InChI is InChI=1S/C36H41N3O6S/c1-26(2)37-36(41)32(22-28-14-8-6-9-15-28)38(24-29-16-12-13-27(3)21-29)35(40)25-39(30-17-10-7-11-18-30)46(42,43)31-19-20-33(44-4)34(23-31)45-5/h6-21,23,26,32H,22,24-25H2,1-5H3,(H,37,41)/t32-/m0/s1. The third-order valence-corrected chi connectivity index (χ3v) is 9.17. The molecule has 0 aromatic heterocycles. The molecule has 4 aromatic rings. The van der Waals surface area contributed by atoms with Crippen molar-refractivity contribution in [3.05, 3.63) is 120 Å². The molecule has 0 spiro atoms. The van der Waals surface area contributed by atoms with Crippen LogP contribution < -0.4 is 19.1 Å². The zero-order valence-corrected chi connectivity index (χ0v) is 27.7. The number of sulfonamides is 1. The van der Waals surface area contributed by atoms with Crippen molar-refractivity contribution in [1.82, 2.24) is 10.2 Å². The van der Waals surface area contributed by atoms with Crippen molar-refractivity contribution in [3.63, 3.8) is 0 Å². The Morgan fingerprint density at radius 3 is 2.02 bits per heavy atom. The molecule has 2 amide bonds. The van der Waals surface area contributed by atoms with E-state index in [2.05, 4.69) is 5.32 Å². The van der Waals surface area contributed by atoms with Crippen LogP contribution in [0.2, 0.25) is 0 Å². The number of hydrogen-bond donors (Lipinski definition) is 1. The average molecular weight is 644 g/mol. The van der Waals surface area contributed by atoms with E-state index in [0.29, 0.717) is 11.4 Å². The van der Waals surface area contributed by atoms with E-state index >= 15 is 0 Å². The first kappa shape index (κ1) is 34.1. The van der Waals surface area contributed by atoms with E-state index < -0.39 is 28.5 Å². The molecule has 4 rings (SSSR count). The lowest BCUT2D eigenvalue weighted by Crippen LogP contribution is -2.54. The number of methoxy groups -OCH3 is 2. The maximum Gasteiger partial charge on any atom is 0.264 e. The molecule has 0 unspecified atom stereocenters. The van der Waals surface area contributed by atoms with Crippen molar-refractivity contribution >= 4 is 27.5 Å². The minimum Gasteiger partial charge on any atom is -0.493 e. The number of hydrogen-bond acceptors (Lipinski definition) is 6. The van der Waals surface area contributed by atoms with Gasteiger partial charge in [0.2, 0.25) is 11.8 Å². The molecule has 242 valence electrons. The average Bonchev–Trinajstić information content (AvgIpc) is 3.05. The first-order chi connectivity index (χ1) is 22.0. The fraction of sp³-hybridized carbons (Fsp3) is 0.278. The Balaban J connectivity index is 1.81. The van der Waals surface area contributed by atoms with E-state index in [-0.39, 0.29) is 35.6 Å². The van der Waals surface area contributed by atoms with E-state index in [0.717, 1.165) is 21.0 Å². The van der Waals surface area contributed by atoms with Gasteiger partial charge in [0.1, 0.15) is 12.6 Å². The number of amides is 2. The Bertz CT molecular complexity index is 1730. The molecular weight excluding hydrogens is 602 g/mol. The molecule has 0 heterocycles. The summed E-state index contributed by atoms with van der Waals surface area (Å²) < 4.78 is 40.3. The number of para-hydroxylation sites is 1. The number of carbonyl (C=O) groups excluding carboxylic acids is 2. The molecular formula is C36H41N3O6S. The lowest BCUT2D eigenvalue weighted by molar-refractivity contribution is -0.140. The fourth-order valence-corrected chi connectivity index (χ4v) is 6.60. The maximum absolute atomic E-state index is 14.5. The second-order valence-electron chi connectivity index (χ2n) is 11.2. The number of carbonyl (C=O) groups is 2. The largest absolute Gasteiger partial charge is 0.493 e. The van der Waals surface area contributed by atoms with Crippen LogP contribution in [-0.2, 0) is 32.6 Å². The van der Waals surface area contributed by atoms with Crippen LogP contribution in [0.5, 0.6) is 11.5 Å². The summed E-state index contributed by atoms with van der Waals surface area (Å²) >= 11 is 0. The number of aryl methyl sites for hydroxylation is 1. The van der Waals surface area contributed by atoms with E-state index in [9.17, 15) is 18.0 Å². The van der Waals surface area contributed by atoms with Gasteiger partial charge in [-0.3, -0.25) is 13.9 Å². The van der Waals surface area contributed by atoms with Crippen LogP contribution in [0.3, 0.4) is 0 Å². The normalized spacial score (nSPS) is 11.9. The Hall–Kier alpha value is -4.83. The zero-order chi connectivity index (χ0) is 33.3. The molecule has 0 radical (unpaired) electrons. The number of nitrogens with zero attached hydrogens (tertiary/aromatic N) is 2. The van der Waals surface area contributed by atoms with Crippen LogP contribution in [0, 0.1) is 6.92 Å². The van der Waals surface area contributed by atoms with Crippen molar-refractivity contribution in [1.29, 1.82) is 0 Å². The van der Waals surface area contributed by atoms with Crippen molar-refractivity contribution in [3.8, 4) is 11.5 Å². The predicted molar refractivity (Wildman–Crippen MR) is 179 cm³/mol. The number of rotatable bonds is 14. The fourth-order valence-electron chi connectivity index (χ4n) is 5.17. The molecule has 0 bridgehead atoms. The summed E-state index contributed by atoms with van der Waals surface area (Å²) in [6.07, 6.45) is 0.241. The third kappa shape index (κ3) is 8.45. The van der Waals surface area contributed by atoms with Gasteiger partial charge in [0, 0.05) is 25.1 Å². The predicted octanol–water partition coefficient (Wildman–Crippen LogP) is 5.37. The molecule has 0 saturated carbocycles. The lowest BCUT2D eigenvalue weighted by atomic mass is 10.0. The van der Waals surface area contributed by atoms with Crippen LogP contribution in [0.4, 0.5) is 5.69 Å². The molecule has 4 aromatic carbocycles. The molecule has 0 saturated heterocycles. The number of nitrogens with one attached hydrogen (secondary N) is 1. The molecule has 10 heteroatoms. The minimum atomic E-state index is -4.29. The highest BCUT2D eigenvalue weighted by Crippen LogP contribution is 2.32. The summed E-state index contributed by atoms with van der Waals surface area (Å²) in [6.45, 7) is 5.22. The molecule has 0 aliphatic carbocycles. The highest BCUT2D eigenvalue weighted by molar-refractivity contribution is 7.92. The van der Waals surface area contributed by atoms with Crippen molar-refractivity contribution in [2.45, 2.75) is 50.7 Å². The summed E-state index contributed by atoms with van der Waals surface area (Å²) in [5, 5.41) is 2.97. The summed E-state index contributed by atoms with van der Waals surface area (Å²) in [6, 6.07) is 28.8. The second kappa shape index (κ2) is 15.4. The van der Waals surface area contributed by atoms with E-state index in [1.54, 1.807) is 30.3 Å². The first-order valence-corrected chi connectivity index (χ1v) is 16.5. The quantitative estimate of drug-likeness (QED) is 0.198. The Morgan fingerprint density at radius 2 is 1.41 bits per heavy atom. The number of ether oxygens (including phenoxy) is 2. The summed E-state index contributed by atoms with van der Waals surface area (Å²) in [5.74, 6) is -0.256. The van der Waals surface area contributed by atoms with Crippen LogP contribution in [0.1, 0.15) is 30.5 Å². The minimum absolute atomic E-state index is 0.0783. The lowest BCUT2D eigenvalue weighted by Gasteiger charge is -2.34. The molecule has 1 N–H and O–H groups in total. The summed E-state index contributed by atoms with van der Waals surface area (Å²) in [7, 11) is -1.41. The smallest absolute Gasteiger partial charge is 0.264 e. The number of benzene rings is 4. The molecule has 0 aliphatic heterocycles. The van der Waals surface area contributed by atoms with Crippen LogP contribution >= 0.6 is 0 Å². The SMILES string of the molecule is COc1ccc(S(=O)(=O)N(CC(=O)N(Cc2cccc(C)c2)[C@@H](Cc2ccccc2)C(=O)NC(C)C)c2ccccc2)cc1OC. The topological polar surface area (TPSA) is 105 Å². The van der Waals surface area contributed by atoms with Crippen LogP contribution in [-0.4, -0.2) is 58.0 Å². The van der Waals surface area contributed by atoms with Gasteiger partial charge in [-0.1, -0.05) is 78.4 Å². The maximum atomic E-state index is 14.5. The van der Waals surface area contributed by atoms with Crippen molar-refractivity contribution in [2.24, 2.45) is 0 Å². The third-order valence-electron chi connectivity index (χ3n) is 7.40. The van der Waals surface area contributed by atoms with Crippen molar-refractivity contribution < 1.29 is 27.5 Å². The Morgan fingerprint density at radius 1 is 0.783 bits per heavy atom. The Kier molecular flexibility index (Phi) is 11.4. The highest BCUT2D eigenvalue weighted by atomic mass is 32.2. The summed E-state index contributed by atoms with van der Waals surface area (Å²) in [4.78, 5) is 29.7. The van der Waals surface area contributed by atoms with E-state index in [4.69, 9.17) is 9.47 Å². The van der Waals surface area contributed by atoms with Crippen LogP contribution in [0.15, 0.2) is 108 Å². The monoisotopic (exact) mass is 643 g/mol. The van der Waals surface area contributed by atoms with Gasteiger partial charge in [0.05, 0.1) is 24.8 Å². The van der Waals surface area contributed by atoms with Gasteiger partial charge in [-0.15, -0.1) is 0 Å². The van der Waals surface area contributed by atoms with Gasteiger partial charge in [0.15, 0.2) is 11.5 Å². The van der Waals surface area contributed by atoms with Crippen molar-refractivity contribution in [2.75, 3.05) is 25.1 Å². The van der Waals surface area contributed by atoms with Crippen LogP contribution in [0.25, 0.3) is 0 Å². The van der Waals surface area contributed by atoms with E-state index in [1.165, 1.54) is 37.3 Å². The number of anilines is 1. The molecule has 46 heavy (non-hydrogen) atoms. The van der Waals surface area contributed by atoms with Gasteiger partial charge in [-0.2, -0.15) is 0 Å². The molecule has 1 atom stereocenters. The van der Waals surface area contributed by atoms with Gasteiger partial charge in [-0.05, 0) is 56.2 Å². The summed E-state index contributed by atoms with van der Waals surface area (Å²) in [5.41, 5.74) is 2.98. The molecule has 9 nitrogen and oxygen atoms in total. The van der Waals surface area contributed by atoms with E-state index in [1.807, 2.05) is 75.4 Å². The van der Waals surface area contributed by atoms with Gasteiger partial charge in [0.25, 0.3) is 10.0 Å². The highest BCUT2D eigenvalue weighted by Gasteiger charge is 2.35. The van der Waals surface area contributed by atoms with Gasteiger partial charge in [-0.25, -0.2) is 8.42 Å². The molecule has 0 aliphatic rings. The van der Waals surface area contributed by atoms with Gasteiger partial charge < -0.3 is 19.7 Å². The Labute approximate surface area is 271 Å². The van der Waals surface area contributed by atoms with Gasteiger partial charge >= 0.3 is 0 Å². The molecule has 0 fully saturated rings. The second-order valence-corrected chi connectivity index (χ2v) is 13.1. The zero-order valence-electron chi connectivity index (χ0n) is 26.8. The first-order valence-electron chi connectivity index (χ1n) is 15.0.